The molecule has 1 atom stereocenters. The van der Waals surface area contributed by atoms with E-state index in [4.69, 9.17) is 10.4 Å². The molecule has 0 aliphatic rings. The summed E-state index contributed by atoms with van der Waals surface area (Å²) in [7, 11) is 1.97. The number of hydrogen-bond acceptors (Lipinski definition) is 3. The first-order valence-electron chi connectivity index (χ1n) is 4.97. The third-order valence-corrected chi connectivity index (χ3v) is 2.53. The van der Waals surface area contributed by atoms with Crippen molar-refractivity contribution >= 4 is 0 Å². The van der Waals surface area contributed by atoms with Gasteiger partial charge in [-0.1, -0.05) is 12.1 Å². The maximum absolute atomic E-state index is 8.98. The molecule has 0 aliphatic carbocycles. The fraction of sp³-hybridized carbons (Fsp3) is 0.417. The average Bonchev–Trinajstić information content (AvgIpc) is 2.29. The van der Waals surface area contributed by atoms with Crippen LogP contribution in [-0.2, 0) is 6.54 Å². The highest BCUT2D eigenvalue weighted by atomic mass is 16.3. The number of nitriles is 1. The highest BCUT2D eigenvalue weighted by molar-refractivity contribution is 5.31. The summed E-state index contributed by atoms with van der Waals surface area (Å²) in [6.07, 6.45) is 0. The SMILES string of the molecule is CC(CO)N(C)Cc1ccc(C#N)cc1. The van der Waals surface area contributed by atoms with Crippen LogP contribution in [0.15, 0.2) is 24.3 Å². The standard InChI is InChI=1S/C12H16N2O/c1-10(9-15)14(2)8-12-5-3-11(7-13)4-6-12/h3-6,10,15H,8-9H2,1-2H3. The molecule has 0 bridgehead atoms. The van der Waals surface area contributed by atoms with Crippen LogP contribution in [0.5, 0.6) is 0 Å². The van der Waals surface area contributed by atoms with Gasteiger partial charge >= 0.3 is 0 Å². The molecule has 0 aromatic heterocycles. The molecule has 0 amide bonds. The number of nitrogens with zero attached hydrogens (tertiary/aromatic N) is 2. The number of rotatable bonds is 4. The Morgan fingerprint density at radius 1 is 1.40 bits per heavy atom. The van der Waals surface area contributed by atoms with E-state index in [0.717, 1.165) is 12.1 Å². The minimum absolute atomic E-state index is 0.153. The number of benzene rings is 1. The van der Waals surface area contributed by atoms with Gasteiger partial charge in [-0.25, -0.2) is 0 Å². The summed E-state index contributed by atoms with van der Waals surface area (Å²) < 4.78 is 0. The molecule has 0 radical (unpaired) electrons. The summed E-state index contributed by atoms with van der Waals surface area (Å²) in [6, 6.07) is 9.75. The molecular formula is C12H16N2O. The van der Waals surface area contributed by atoms with Gasteiger partial charge in [0.2, 0.25) is 0 Å². The average molecular weight is 204 g/mol. The van der Waals surface area contributed by atoms with Gasteiger partial charge < -0.3 is 5.11 Å². The van der Waals surface area contributed by atoms with Crippen molar-refractivity contribution in [1.29, 1.82) is 5.26 Å². The monoisotopic (exact) mass is 204 g/mol. The lowest BCUT2D eigenvalue weighted by atomic mass is 10.1. The summed E-state index contributed by atoms with van der Waals surface area (Å²) in [4.78, 5) is 2.07. The molecule has 3 nitrogen and oxygen atoms in total. The third-order valence-electron chi connectivity index (χ3n) is 2.53. The molecule has 1 unspecified atom stereocenters. The lowest BCUT2D eigenvalue weighted by Crippen LogP contribution is -2.31. The molecule has 80 valence electrons. The van der Waals surface area contributed by atoms with Gasteiger partial charge in [0, 0.05) is 12.6 Å². The predicted octanol–water partition coefficient (Wildman–Crippen LogP) is 1.37. The van der Waals surface area contributed by atoms with E-state index >= 15 is 0 Å². The molecule has 0 saturated carbocycles. The maximum atomic E-state index is 8.98. The van der Waals surface area contributed by atoms with E-state index < -0.39 is 0 Å². The van der Waals surface area contributed by atoms with Crippen LogP contribution in [0.3, 0.4) is 0 Å². The molecule has 1 aromatic rings. The third kappa shape index (κ3) is 3.35. The molecule has 0 heterocycles. The van der Waals surface area contributed by atoms with Crippen LogP contribution < -0.4 is 0 Å². The molecule has 0 aliphatic heterocycles. The maximum Gasteiger partial charge on any atom is 0.0991 e. The van der Waals surface area contributed by atoms with Crippen molar-refractivity contribution in [1.82, 2.24) is 4.90 Å². The molecular weight excluding hydrogens is 188 g/mol. The van der Waals surface area contributed by atoms with E-state index in [9.17, 15) is 0 Å². The topological polar surface area (TPSA) is 47.3 Å². The molecule has 0 saturated heterocycles. The Balaban J connectivity index is 2.61. The van der Waals surface area contributed by atoms with Crippen molar-refractivity contribution < 1.29 is 5.11 Å². The number of aliphatic hydroxyl groups excluding tert-OH is 1. The largest absolute Gasteiger partial charge is 0.395 e. The smallest absolute Gasteiger partial charge is 0.0991 e. The Kier molecular flexibility index (Phi) is 4.29. The minimum Gasteiger partial charge on any atom is -0.395 e. The van der Waals surface area contributed by atoms with Gasteiger partial charge in [-0.05, 0) is 31.7 Å². The quantitative estimate of drug-likeness (QED) is 0.805. The molecule has 0 spiro atoms. The zero-order valence-electron chi connectivity index (χ0n) is 9.14. The van der Waals surface area contributed by atoms with Crippen molar-refractivity contribution in [3.05, 3.63) is 35.4 Å². The van der Waals surface area contributed by atoms with Gasteiger partial charge in [0.1, 0.15) is 0 Å². The zero-order valence-corrected chi connectivity index (χ0v) is 9.14. The summed E-state index contributed by atoms with van der Waals surface area (Å²) in [6.45, 7) is 2.92. The first-order chi connectivity index (χ1) is 7.17. The van der Waals surface area contributed by atoms with Gasteiger partial charge in [-0.15, -0.1) is 0 Å². The Morgan fingerprint density at radius 3 is 2.47 bits per heavy atom. The highest BCUT2D eigenvalue weighted by Crippen LogP contribution is 2.07. The van der Waals surface area contributed by atoms with E-state index in [-0.39, 0.29) is 12.6 Å². The Labute approximate surface area is 90.6 Å². The second-order valence-corrected chi connectivity index (χ2v) is 3.76. The molecule has 3 heteroatoms. The summed E-state index contributed by atoms with van der Waals surface area (Å²) in [5.41, 5.74) is 1.83. The summed E-state index contributed by atoms with van der Waals surface area (Å²) in [5.74, 6) is 0. The molecule has 1 aromatic carbocycles. The molecule has 0 fully saturated rings. The predicted molar refractivity (Wildman–Crippen MR) is 59.2 cm³/mol. The van der Waals surface area contributed by atoms with E-state index in [2.05, 4.69) is 11.0 Å². The normalized spacial score (nSPS) is 12.5. The van der Waals surface area contributed by atoms with Crippen molar-refractivity contribution in [3.8, 4) is 6.07 Å². The van der Waals surface area contributed by atoms with Crippen LogP contribution >= 0.6 is 0 Å². The number of aliphatic hydroxyl groups is 1. The molecule has 1 rings (SSSR count). The first kappa shape index (κ1) is 11.7. The highest BCUT2D eigenvalue weighted by Gasteiger charge is 2.07. The fourth-order valence-corrected chi connectivity index (χ4v) is 1.27. The second kappa shape index (κ2) is 5.50. The Bertz CT molecular complexity index is 340. The molecule has 15 heavy (non-hydrogen) atoms. The van der Waals surface area contributed by atoms with Gasteiger partial charge in [0.15, 0.2) is 0 Å². The molecule has 1 N–H and O–H groups in total. The summed E-state index contributed by atoms with van der Waals surface area (Å²) >= 11 is 0. The number of likely N-dealkylation sites (N-methyl/N-ethyl adjacent to an activating group) is 1. The minimum atomic E-state index is 0.153. The summed E-state index contributed by atoms with van der Waals surface area (Å²) in [5, 5.41) is 17.6. The lowest BCUT2D eigenvalue weighted by molar-refractivity contribution is 0.154. The Hall–Kier alpha value is -1.37. The van der Waals surface area contributed by atoms with Crippen molar-refractivity contribution in [2.24, 2.45) is 0 Å². The van der Waals surface area contributed by atoms with Gasteiger partial charge in [-0.2, -0.15) is 5.26 Å². The second-order valence-electron chi connectivity index (χ2n) is 3.76. The van der Waals surface area contributed by atoms with Gasteiger partial charge in [0.05, 0.1) is 18.2 Å². The van der Waals surface area contributed by atoms with E-state index in [0.29, 0.717) is 5.56 Å². The lowest BCUT2D eigenvalue weighted by Gasteiger charge is -2.22. The van der Waals surface area contributed by atoms with E-state index in [1.165, 1.54) is 0 Å². The zero-order chi connectivity index (χ0) is 11.3. The fourth-order valence-electron chi connectivity index (χ4n) is 1.27. The van der Waals surface area contributed by atoms with Gasteiger partial charge in [0.25, 0.3) is 0 Å². The van der Waals surface area contributed by atoms with Crippen LogP contribution in [0.1, 0.15) is 18.1 Å². The van der Waals surface area contributed by atoms with Gasteiger partial charge in [-0.3, -0.25) is 4.90 Å². The Morgan fingerprint density at radius 2 is 2.00 bits per heavy atom. The van der Waals surface area contributed by atoms with Crippen LogP contribution in [0.2, 0.25) is 0 Å². The van der Waals surface area contributed by atoms with Crippen LogP contribution in [0, 0.1) is 11.3 Å². The van der Waals surface area contributed by atoms with E-state index in [1.54, 1.807) is 0 Å². The van der Waals surface area contributed by atoms with Crippen LogP contribution in [0.4, 0.5) is 0 Å². The first-order valence-corrected chi connectivity index (χ1v) is 4.97. The van der Waals surface area contributed by atoms with Crippen molar-refractivity contribution in [3.63, 3.8) is 0 Å². The van der Waals surface area contributed by atoms with Crippen LogP contribution in [0.25, 0.3) is 0 Å². The van der Waals surface area contributed by atoms with E-state index in [1.807, 2.05) is 38.2 Å². The van der Waals surface area contributed by atoms with Crippen molar-refractivity contribution in [2.75, 3.05) is 13.7 Å². The van der Waals surface area contributed by atoms with Crippen LogP contribution in [-0.4, -0.2) is 29.7 Å². The number of hydrogen-bond donors (Lipinski definition) is 1. The van der Waals surface area contributed by atoms with Crippen molar-refractivity contribution in [2.45, 2.75) is 19.5 Å².